The smallest absolute Gasteiger partial charge is 0.350 e. The summed E-state index contributed by atoms with van der Waals surface area (Å²) in [4.78, 5) is 12.4. The molecule has 2 aliphatic rings. The summed E-state index contributed by atoms with van der Waals surface area (Å²) < 4.78 is 5.36. The fourth-order valence-corrected chi connectivity index (χ4v) is 2.60. The Bertz CT molecular complexity index is 329. The number of nitrogens with one attached hydrogen (secondary N) is 1. The molecule has 96 valence electrons. The highest BCUT2D eigenvalue weighted by atomic mass is 79.9. The van der Waals surface area contributed by atoms with Crippen molar-refractivity contribution in [1.82, 2.24) is 10.2 Å². The van der Waals surface area contributed by atoms with Crippen LogP contribution in [0, 0.1) is 16.0 Å². The summed E-state index contributed by atoms with van der Waals surface area (Å²) in [5, 5.41) is 13.9. The van der Waals surface area contributed by atoms with E-state index in [4.69, 9.17) is 4.74 Å². The average molecular weight is 306 g/mol. The van der Waals surface area contributed by atoms with Crippen LogP contribution < -0.4 is 5.32 Å². The molecule has 0 amide bonds. The maximum Gasteiger partial charge on any atom is 0.350 e. The molecule has 2 saturated heterocycles. The normalized spacial score (nSPS) is 27.8. The molecule has 7 heteroatoms. The lowest BCUT2D eigenvalue weighted by atomic mass is 10.1. The molecule has 2 fully saturated rings. The van der Waals surface area contributed by atoms with E-state index >= 15 is 0 Å². The topological polar surface area (TPSA) is 67.6 Å². The second-order valence-corrected chi connectivity index (χ2v) is 5.10. The lowest BCUT2D eigenvalue weighted by molar-refractivity contribution is -0.411. The molecular formula is C10H16BrN3O3. The van der Waals surface area contributed by atoms with E-state index < -0.39 is 4.92 Å². The highest BCUT2D eigenvalue weighted by Gasteiger charge is 2.27. The van der Waals surface area contributed by atoms with Crippen LogP contribution in [-0.2, 0) is 4.74 Å². The zero-order valence-corrected chi connectivity index (χ0v) is 11.1. The molecule has 1 unspecified atom stereocenters. The van der Waals surface area contributed by atoms with Crippen molar-refractivity contribution < 1.29 is 9.66 Å². The van der Waals surface area contributed by atoms with Crippen molar-refractivity contribution in [2.45, 2.75) is 12.8 Å². The standard InChI is InChI=1S/C10H16BrN3O3/c11-9(14(15)16)10-12-3-1-4-13(10)6-8-2-5-17-7-8/h8,12H,1-7H2. The van der Waals surface area contributed by atoms with Gasteiger partial charge in [0.1, 0.15) is 0 Å². The zero-order chi connectivity index (χ0) is 12.3. The number of ether oxygens (including phenoxy) is 1. The molecular weight excluding hydrogens is 290 g/mol. The first-order chi connectivity index (χ1) is 8.18. The molecule has 2 aliphatic heterocycles. The van der Waals surface area contributed by atoms with Crippen LogP contribution in [0.25, 0.3) is 0 Å². The Morgan fingerprint density at radius 1 is 1.71 bits per heavy atom. The Morgan fingerprint density at radius 3 is 3.18 bits per heavy atom. The predicted octanol–water partition coefficient (Wildman–Crippen LogP) is 1.12. The Kier molecular flexibility index (Phi) is 4.22. The molecule has 0 spiro atoms. The van der Waals surface area contributed by atoms with Gasteiger partial charge in [-0.1, -0.05) is 0 Å². The summed E-state index contributed by atoms with van der Waals surface area (Å²) in [6.45, 7) is 4.05. The van der Waals surface area contributed by atoms with Gasteiger partial charge in [0.25, 0.3) is 0 Å². The zero-order valence-electron chi connectivity index (χ0n) is 9.52. The minimum Gasteiger partial charge on any atom is -0.381 e. The van der Waals surface area contributed by atoms with E-state index in [9.17, 15) is 10.1 Å². The highest BCUT2D eigenvalue weighted by Crippen LogP contribution is 2.22. The van der Waals surface area contributed by atoms with Gasteiger partial charge in [-0.15, -0.1) is 0 Å². The molecule has 0 saturated carbocycles. The molecule has 2 rings (SSSR count). The largest absolute Gasteiger partial charge is 0.381 e. The molecule has 0 aromatic heterocycles. The molecule has 17 heavy (non-hydrogen) atoms. The number of hydrogen-bond donors (Lipinski definition) is 1. The summed E-state index contributed by atoms with van der Waals surface area (Å²) in [7, 11) is 0. The number of nitrogens with zero attached hydrogens (tertiary/aromatic N) is 2. The van der Waals surface area contributed by atoms with E-state index in [0.29, 0.717) is 11.7 Å². The fourth-order valence-electron chi connectivity index (χ4n) is 2.21. The van der Waals surface area contributed by atoms with Gasteiger partial charge in [0, 0.05) is 48.1 Å². The van der Waals surface area contributed by atoms with Gasteiger partial charge in [-0.3, -0.25) is 10.1 Å². The molecule has 0 aromatic carbocycles. The molecule has 1 N–H and O–H groups in total. The van der Waals surface area contributed by atoms with Crippen molar-refractivity contribution in [3.63, 3.8) is 0 Å². The van der Waals surface area contributed by atoms with Gasteiger partial charge in [0.15, 0.2) is 5.82 Å². The molecule has 0 bridgehead atoms. The van der Waals surface area contributed by atoms with Gasteiger partial charge < -0.3 is 15.0 Å². The van der Waals surface area contributed by atoms with Gasteiger partial charge in [0.05, 0.1) is 11.5 Å². The van der Waals surface area contributed by atoms with E-state index in [-0.39, 0.29) is 4.61 Å². The molecule has 6 nitrogen and oxygen atoms in total. The van der Waals surface area contributed by atoms with E-state index in [1.54, 1.807) is 0 Å². The van der Waals surface area contributed by atoms with Crippen LogP contribution in [0.4, 0.5) is 0 Å². The maximum atomic E-state index is 10.8. The Hall–Kier alpha value is -0.820. The molecule has 0 aliphatic carbocycles. The van der Waals surface area contributed by atoms with Crippen LogP contribution in [0.3, 0.4) is 0 Å². The van der Waals surface area contributed by atoms with Gasteiger partial charge in [-0.2, -0.15) is 0 Å². The third-order valence-electron chi connectivity index (χ3n) is 3.07. The summed E-state index contributed by atoms with van der Waals surface area (Å²) >= 11 is 3.04. The summed E-state index contributed by atoms with van der Waals surface area (Å²) in [6, 6.07) is 0. The van der Waals surface area contributed by atoms with Crippen LogP contribution in [0.1, 0.15) is 12.8 Å². The number of nitro groups is 1. The number of rotatable bonds is 3. The van der Waals surface area contributed by atoms with E-state index in [2.05, 4.69) is 26.1 Å². The van der Waals surface area contributed by atoms with Crippen molar-refractivity contribution in [2.24, 2.45) is 5.92 Å². The van der Waals surface area contributed by atoms with E-state index in [0.717, 1.165) is 45.7 Å². The monoisotopic (exact) mass is 305 g/mol. The van der Waals surface area contributed by atoms with Crippen LogP contribution in [0.15, 0.2) is 10.4 Å². The first kappa shape index (κ1) is 12.6. The molecule has 0 aromatic rings. The van der Waals surface area contributed by atoms with Gasteiger partial charge in [-0.25, -0.2) is 0 Å². The quantitative estimate of drug-likeness (QED) is 0.481. The second-order valence-electron chi connectivity index (χ2n) is 4.35. The van der Waals surface area contributed by atoms with Crippen molar-refractivity contribution in [1.29, 1.82) is 0 Å². The van der Waals surface area contributed by atoms with Gasteiger partial charge in [-0.05, 0) is 12.8 Å². The lowest BCUT2D eigenvalue weighted by Crippen LogP contribution is -2.43. The van der Waals surface area contributed by atoms with Gasteiger partial charge >= 0.3 is 4.61 Å². The SMILES string of the molecule is O=[N+]([O-])C(Br)=C1NCCCN1CC1CCOC1. The third-order valence-corrected chi connectivity index (χ3v) is 3.74. The Labute approximate surface area is 108 Å². The molecule has 0 radical (unpaired) electrons. The predicted molar refractivity (Wildman–Crippen MR) is 66.1 cm³/mol. The van der Waals surface area contributed by atoms with Crippen molar-refractivity contribution in [2.75, 3.05) is 32.8 Å². The minimum absolute atomic E-state index is 0.0242. The first-order valence-corrected chi connectivity index (χ1v) is 6.58. The van der Waals surface area contributed by atoms with Crippen molar-refractivity contribution >= 4 is 15.9 Å². The number of halogens is 1. The lowest BCUT2D eigenvalue weighted by Gasteiger charge is -2.32. The highest BCUT2D eigenvalue weighted by molar-refractivity contribution is 9.11. The Balaban J connectivity index is 2.06. The second kappa shape index (κ2) is 5.68. The van der Waals surface area contributed by atoms with Crippen LogP contribution in [-0.4, -0.2) is 42.7 Å². The summed E-state index contributed by atoms with van der Waals surface area (Å²) in [5.41, 5.74) is 0. The maximum absolute atomic E-state index is 10.8. The summed E-state index contributed by atoms with van der Waals surface area (Å²) in [6.07, 6.45) is 2.05. The molecule has 2 heterocycles. The van der Waals surface area contributed by atoms with Crippen molar-refractivity contribution in [3.8, 4) is 0 Å². The minimum atomic E-state index is -0.397. The summed E-state index contributed by atoms with van der Waals surface area (Å²) in [5.74, 6) is 1.09. The fraction of sp³-hybridized carbons (Fsp3) is 0.800. The first-order valence-electron chi connectivity index (χ1n) is 5.79. The van der Waals surface area contributed by atoms with Crippen molar-refractivity contribution in [3.05, 3.63) is 20.5 Å². The third kappa shape index (κ3) is 3.10. The van der Waals surface area contributed by atoms with Crippen LogP contribution in [0.2, 0.25) is 0 Å². The van der Waals surface area contributed by atoms with Gasteiger partial charge in [0.2, 0.25) is 0 Å². The number of hydrogen-bond acceptors (Lipinski definition) is 5. The van der Waals surface area contributed by atoms with E-state index in [1.165, 1.54) is 0 Å². The van der Waals surface area contributed by atoms with Crippen LogP contribution in [0.5, 0.6) is 0 Å². The average Bonchev–Trinajstić information content (AvgIpc) is 2.81. The Morgan fingerprint density at radius 2 is 2.53 bits per heavy atom. The van der Waals surface area contributed by atoms with E-state index in [1.807, 2.05) is 0 Å². The molecule has 1 atom stereocenters. The van der Waals surface area contributed by atoms with Crippen LogP contribution >= 0.6 is 15.9 Å².